The van der Waals surface area contributed by atoms with E-state index in [1.165, 1.54) is 0 Å². The molecule has 0 bridgehead atoms. The van der Waals surface area contributed by atoms with Crippen molar-refractivity contribution in [2.45, 2.75) is 26.3 Å². The molecule has 1 aliphatic heterocycles. The van der Waals surface area contributed by atoms with Gasteiger partial charge in [-0.05, 0) is 37.1 Å². The number of aromatic nitrogens is 2. The van der Waals surface area contributed by atoms with Crippen molar-refractivity contribution < 1.29 is 9.59 Å². The zero-order chi connectivity index (χ0) is 15.5. The van der Waals surface area contributed by atoms with Gasteiger partial charge in [0, 0.05) is 30.9 Å². The molecule has 0 saturated carbocycles. The molecule has 2 aromatic rings. The zero-order valence-electron chi connectivity index (χ0n) is 12.4. The standard InChI is InChI=1S/C16H18N4O2/c1-11-8-14(19-18-11)16(22)17-13-5-2-4-12(9-13)10-20-7-3-6-15(20)21/h2,4-5,8-9H,3,6-7,10H2,1H3,(H,17,22)(H,18,19). The molecular formula is C16H18N4O2. The van der Waals surface area contributed by atoms with E-state index in [2.05, 4.69) is 15.5 Å². The number of amides is 2. The van der Waals surface area contributed by atoms with Gasteiger partial charge in [-0.1, -0.05) is 12.1 Å². The van der Waals surface area contributed by atoms with Crippen molar-refractivity contribution in [3.63, 3.8) is 0 Å². The molecule has 0 radical (unpaired) electrons. The van der Waals surface area contributed by atoms with Crippen molar-refractivity contribution in [3.8, 4) is 0 Å². The molecule has 114 valence electrons. The normalized spacial score (nSPS) is 14.4. The van der Waals surface area contributed by atoms with Crippen molar-refractivity contribution >= 4 is 17.5 Å². The largest absolute Gasteiger partial charge is 0.338 e. The molecule has 0 atom stereocenters. The Kier molecular flexibility index (Phi) is 3.91. The van der Waals surface area contributed by atoms with Crippen LogP contribution in [0.15, 0.2) is 30.3 Å². The van der Waals surface area contributed by atoms with Crippen molar-refractivity contribution in [2.75, 3.05) is 11.9 Å². The van der Waals surface area contributed by atoms with Crippen LogP contribution in [0.4, 0.5) is 5.69 Å². The molecule has 1 aromatic heterocycles. The highest BCUT2D eigenvalue weighted by Crippen LogP contribution is 2.17. The fourth-order valence-corrected chi connectivity index (χ4v) is 2.57. The third-order valence-corrected chi connectivity index (χ3v) is 3.67. The summed E-state index contributed by atoms with van der Waals surface area (Å²) < 4.78 is 0. The molecule has 1 aliphatic rings. The Hall–Kier alpha value is -2.63. The van der Waals surface area contributed by atoms with E-state index < -0.39 is 0 Å². The van der Waals surface area contributed by atoms with Gasteiger partial charge in [-0.3, -0.25) is 14.7 Å². The minimum Gasteiger partial charge on any atom is -0.338 e. The van der Waals surface area contributed by atoms with E-state index in [4.69, 9.17) is 0 Å². The Bertz CT molecular complexity index is 708. The predicted molar refractivity (Wildman–Crippen MR) is 82.4 cm³/mol. The first-order chi connectivity index (χ1) is 10.6. The summed E-state index contributed by atoms with van der Waals surface area (Å²) in [5.74, 6) is -0.0554. The fourth-order valence-electron chi connectivity index (χ4n) is 2.57. The van der Waals surface area contributed by atoms with Gasteiger partial charge in [-0.25, -0.2) is 0 Å². The highest BCUT2D eigenvalue weighted by Gasteiger charge is 2.20. The second-order valence-electron chi connectivity index (χ2n) is 5.51. The molecule has 22 heavy (non-hydrogen) atoms. The minimum absolute atomic E-state index is 0.196. The van der Waals surface area contributed by atoms with Gasteiger partial charge in [0.1, 0.15) is 0 Å². The fraction of sp³-hybridized carbons (Fsp3) is 0.312. The van der Waals surface area contributed by atoms with E-state index in [1.807, 2.05) is 36.1 Å². The van der Waals surface area contributed by atoms with Crippen LogP contribution in [0.2, 0.25) is 0 Å². The number of aryl methyl sites for hydroxylation is 1. The summed E-state index contributed by atoms with van der Waals surface area (Å²) >= 11 is 0. The van der Waals surface area contributed by atoms with Gasteiger partial charge >= 0.3 is 0 Å². The maximum absolute atomic E-state index is 12.1. The topological polar surface area (TPSA) is 78.1 Å². The number of anilines is 1. The van der Waals surface area contributed by atoms with Crippen molar-refractivity contribution in [1.82, 2.24) is 15.1 Å². The number of likely N-dealkylation sites (tertiary alicyclic amines) is 1. The summed E-state index contributed by atoms with van der Waals surface area (Å²) in [5.41, 5.74) is 2.91. The van der Waals surface area contributed by atoms with Crippen LogP contribution in [0.3, 0.4) is 0 Å². The van der Waals surface area contributed by atoms with E-state index in [-0.39, 0.29) is 11.8 Å². The minimum atomic E-state index is -0.251. The molecule has 1 saturated heterocycles. The van der Waals surface area contributed by atoms with E-state index >= 15 is 0 Å². The number of nitrogens with one attached hydrogen (secondary N) is 2. The van der Waals surface area contributed by atoms with Crippen LogP contribution in [-0.4, -0.2) is 33.5 Å². The number of hydrogen-bond acceptors (Lipinski definition) is 3. The van der Waals surface area contributed by atoms with Gasteiger partial charge < -0.3 is 10.2 Å². The van der Waals surface area contributed by atoms with E-state index in [9.17, 15) is 9.59 Å². The lowest BCUT2D eigenvalue weighted by atomic mass is 10.2. The first-order valence-electron chi connectivity index (χ1n) is 7.32. The van der Waals surface area contributed by atoms with Gasteiger partial charge in [-0.2, -0.15) is 5.10 Å². The average Bonchev–Trinajstić information content (AvgIpc) is 3.09. The summed E-state index contributed by atoms with van der Waals surface area (Å²) in [4.78, 5) is 25.6. The van der Waals surface area contributed by atoms with Gasteiger partial charge in [0.25, 0.3) is 5.91 Å². The molecule has 0 aliphatic carbocycles. The Morgan fingerprint density at radius 1 is 1.41 bits per heavy atom. The molecule has 2 N–H and O–H groups in total. The number of benzene rings is 1. The summed E-state index contributed by atoms with van der Waals surface area (Å²) in [6.07, 6.45) is 1.56. The van der Waals surface area contributed by atoms with Crippen LogP contribution in [0.1, 0.15) is 34.6 Å². The number of hydrogen-bond donors (Lipinski definition) is 2. The zero-order valence-corrected chi connectivity index (χ0v) is 12.4. The lowest BCUT2D eigenvalue weighted by Gasteiger charge is -2.16. The van der Waals surface area contributed by atoms with E-state index in [0.717, 1.165) is 24.2 Å². The molecular weight excluding hydrogens is 280 g/mol. The smallest absolute Gasteiger partial charge is 0.276 e. The molecule has 1 fully saturated rings. The summed E-state index contributed by atoms with van der Waals surface area (Å²) in [5, 5.41) is 9.51. The molecule has 3 rings (SSSR count). The third-order valence-electron chi connectivity index (χ3n) is 3.67. The summed E-state index contributed by atoms with van der Waals surface area (Å²) in [7, 11) is 0. The quantitative estimate of drug-likeness (QED) is 0.907. The monoisotopic (exact) mass is 298 g/mol. The van der Waals surface area contributed by atoms with E-state index in [1.54, 1.807) is 6.07 Å². The first-order valence-corrected chi connectivity index (χ1v) is 7.32. The van der Waals surface area contributed by atoms with Crippen molar-refractivity contribution in [2.24, 2.45) is 0 Å². The average molecular weight is 298 g/mol. The number of aromatic amines is 1. The number of nitrogens with zero attached hydrogens (tertiary/aromatic N) is 2. The Morgan fingerprint density at radius 2 is 2.27 bits per heavy atom. The SMILES string of the molecule is Cc1cc(C(=O)Nc2cccc(CN3CCCC3=O)c2)n[nH]1. The third kappa shape index (κ3) is 3.16. The Labute approximate surface area is 128 Å². The summed E-state index contributed by atoms with van der Waals surface area (Å²) in [6, 6.07) is 9.25. The highest BCUT2D eigenvalue weighted by molar-refractivity contribution is 6.02. The van der Waals surface area contributed by atoms with Crippen LogP contribution in [0.25, 0.3) is 0 Å². The van der Waals surface area contributed by atoms with Crippen LogP contribution >= 0.6 is 0 Å². The molecule has 0 spiro atoms. The van der Waals surface area contributed by atoms with Gasteiger partial charge in [0.15, 0.2) is 5.69 Å². The van der Waals surface area contributed by atoms with Gasteiger partial charge in [0.05, 0.1) is 0 Å². The highest BCUT2D eigenvalue weighted by atomic mass is 16.2. The molecule has 1 aromatic carbocycles. The van der Waals surface area contributed by atoms with Crippen molar-refractivity contribution in [3.05, 3.63) is 47.3 Å². The molecule has 2 amide bonds. The second-order valence-corrected chi connectivity index (χ2v) is 5.51. The number of carbonyl (C=O) groups is 2. The van der Waals surface area contributed by atoms with Crippen LogP contribution in [0, 0.1) is 6.92 Å². The molecule has 0 unspecified atom stereocenters. The van der Waals surface area contributed by atoms with Crippen LogP contribution < -0.4 is 5.32 Å². The first kappa shape index (κ1) is 14.3. The molecule has 6 heteroatoms. The van der Waals surface area contributed by atoms with E-state index in [0.29, 0.717) is 24.3 Å². The number of H-pyrrole nitrogens is 1. The van der Waals surface area contributed by atoms with Crippen LogP contribution in [-0.2, 0) is 11.3 Å². The van der Waals surface area contributed by atoms with Gasteiger partial charge in [-0.15, -0.1) is 0 Å². The molecule has 6 nitrogen and oxygen atoms in total. The number of rotatable bonds is 4. The van der Waals surface area contributed by atoms with Gasteiger partial charge in [0.2, 0.25) is 5.91 Å². The number of carbonyl (C=O) groups excluding carboxylic acids is 2. The maximum Gasteiger partial charge on any atom is 0.276 e. The Morgan fingerprint density at radius 3 is 2.95 bits per heavy atom. The molecule has 2 heterocycles. The maximum atomic E-state index is 12.1. The second kappa shape index (κ2) is 6.01. The lowest BCUT2D eigenvalue weighted by Crippen LogP contribution is -2.23. The lowest BCUT2D eigenvalue weighted by molar-refractivity contribution is -0.128. The summed E-state index contributed by atoms with van der Waals surface area (Å²) in [6.45, 7) is 3.24. The predicted octanol–water partition coefficient (Wildman–Crippen LogP) is 2.09. The Balaban J connectivity index is 1.68. The van der Waals surface area contributed by atoms with Crippen LogP contribution in [0.5, 0.6) is 0 Å². The van der Waals surface area contributed by atoms with Crippen molar-refractivity contribution in [1.29, 1.82) is 0 Å².